The zero-order valence-electron chi connectivity index (χ0n) is 20.6. The molecule has 2 fully saturated rings. The number of aliphatic hydroxyl groups is 1. The fourth-order valence-electron chi connectivity index (χ4n) is 4.14. The van der Waals surface area contributed by atoms with Gasteiger partial charge in [0.15, 0.2) is 0 Å². The quantitative estimate of drug-likeness (QED) is 0.238. The van der Waals surface area contributed by atoms with E-state index in [1.165, 1.54) is 35.2 Å². The maximum atomic E-state index is 14.8. The van der Waals surface area contributed by atoms with Crippen molar-refractivity contribution in [2.75, 3.05) is 54.5 Å². The van der Waals surface area contributed by atoms with Crippen LogP contribution in [0.2, 0.25) is 0 Å². The Hall–Kier alpha value is -2.96. The normalized spacial score (nSPS) is 19.5. The third kappa shape index (κ3) is 6.98. The van der Waals surface area contributed by atoms with Crippen LogP contribution in [0.1, 0.15) is 5.56 Å². The fraction of sp³-hybridized carbons (Fsp3) is 0.391. The van der Waals surface area contributed by atoms with Crippen LogP contribution in [0, 0.1) is 5.82 Å². The van der Waals surface area contributed by atoms with Crippen LogP contribution in [0.5, 0.6) is 0 Å². The summed E-state index contributed by atoms with van der Waals surface area (Å²) in [6.07, 6.45) is -1.80. The lowest BCUT2D eigenvalue weighted by Crippen LogP contribution is -2.37. The van der Waals surface area contributed by atoms with Gasteiger partial charge >= 0.3 is 25.2 Å². The van der Waals surface area contributed by atoms with Crippen LogP contribution in [0.4, 0.5) is 31.0 Å². The van der Waals surface area contributed by atoms with E-state index in [2.05, 4.69) is 10.6 Å². The minimum Gasteiger partial charge on any atom is -0.442 e. The smallest absolute Gasteiger partial charge is 0.442 e. The maximum Gasteiger partial charge on any atom is 0.551 e. The van der Waals surface area contributed by atoms with E-state index >= 15 is 0 Å². The van der Waals surface area contributed by atoms with Gasteiger partial charge in [0, 0.05) is 18.8 Å². The molecule has 6 N–H and O–H groups in total. The third-order valence-electron chi connectivity index (χ3n) is 6.24. The summed E-state index contributed by atoms with van der Waals surface area (Å²) in [5.41, 5.74) is 1.46. The number of morpholine rings is 1. The molecule has 16 heteroatoms. The topological polar surface area (TPSA) is 181 Å². The summed E-state index contributed by atoms with van der Waals surface area (Å²) >= 11 is 0. The maximum absolute atomic E-state index is 14.8. The van der Waals surface area contributed by atoms with E-state index in [0.717, 1.165) is 0 Å². The molecule has 39 heavy (non-hydrogen) atoms. The van der Waals surface area contributed by atoms with E-state index in [9.17, 15) is 38.3 Å². The molecule has 2 aliphatic rings. The second kappa shape index (κ2) is 12.5. The number of carbonyl (C=O) groups is 2. The van der Waals surface area contributed by atoms with Gasteiger partial charge in [0.25, 0.3) is 8.38 Å². The van der Waals surface area contributed by atoms with Gasteiger partial charge in [-0.2, -0.15) is 4.89 Å². The number of cyclic esters (lactones) is 1. The number of nitrogens with one attached hydrogen (secondary N) is 2. The Kier molecular flexibility index (Phi) is 9.29. The van der Waals surface area contributed by atoms with Gasteiger partial charge in [-0.15, -0.1) is 0 Å². The van der Waals surface area contributed by atoms with Crippen LogP contribution < -0.4 is 20.4 Å². The molecule has 2 aliphatic heterocycles. The summed E-state index contributed by atoms with van der Waals surface area (Å²) in [4.78, 5) is 55.7. The highest BCUT2D eigenvalue weighted by molar-refractivity contribution is 7.62. The highest BCUT2D eigenvalue weighted by Crippen LogP contribution is 2.55. The number of hydrogen-bond donors (Lipinski definition) is 6. The molecule has 3 atom stereocenters. The molecule has 13 nitrogen and oxygen atoms in total. The first-order valence-corrected chi connectivity index (χ1v) is 14.3. The summed E-state index contributed by atoms with van der Waals surface area (Å²) in [5, 5.41) is 12.6. The van der Waals surface area contributed by atoms with Crippen molar-refractivity contribution in [1.82, 2.24) is 5.32 Å². The Labute approximate surface area is 224 Å². The molecule has 2 unspecified atom stereocenters. The summed E-state index contributed by atoms with van der Waals surface area (Å²) in [6, 6.07) is 9.75. The molecule has 0 spiro atoms. The van der Waals surface area contributed by atoms with Crippen LogP contribution in [-0.4, -0.2) is 82.5 Å². The molecule has 0 radical (unpaired) electrons. The van der Waals surface area contributed by atoms with Crippen molar-refractivity contribution in [2.45, 2.75) is 17.6 Å². The van der Waals surface area contributed by atoms with Crippen LogP contribution >= 0.6 is 16.4 Å². The Morgan fingerprint density at radius 1 is 1.18 bits per heavy atom. The fourth-order valence-corrected chi connectivity index (χ4v) is 5.39. The minimum atomic E-state index is -3.28. The second-order valence-corrected chi connectivity index (χ2v) is 11.9. The SMILES string of the molecule is O=C(NC[C@H]1CN(c2ccc(N3CCOCC3)c(F)c2)C(=O)O1)Nc1ccc(CC(O)(P(O)O)[P+](=O)O)cc1. The number of rotatable bonds is 9. The molecule has 0 bridgehead atoms. The first-order valence-electron chi connectivity index (χ1n) is 11.9. The third-order valence-corrected chi connectivity index (χ3v) is 8.86. The van der Waals surface area contributed by atoms with Crippen molar-refractivity contribution in [3.63, 3.8) is 0 Å². The summed E-state index contributed by atoms with van der Waals surface area (Å²) in [7, 11) is -6.37. The van der Waals surface area contributed by atoms with Crippen molar-refractivity contribution >= 4 is 45.6 Å². The average Bonchev–Trinajstić information content (AvgIpc) is 3.29. The molecular formula is C23H28FN4O9P2+. The van der Waals surface area contributed by atoms with E-state index in [-0.39, 0.29) is 13.1 Å². The predicted molar refractivity (Wildman–Crippen MR) is 140 cm³/mol. The predicted octanol–water partition coefficient (Wildman–Crippen LogP) is 2.03. The minimum absolute atomic E-state index is 0.00632. The molecule has 0 aromatic heterocycles. The van der Waals surface area contributed by atoms with Crippen molar-refractivity contribution in [3.8, 4) is 0 Å². The summed E-state index contributed by atoms with van der Waals surface area (Å²) < 4.78 is 36.7. The van der Waals surface area contributed by atoms with Crippen LogP contribution in [0.25, 0.3) is 0 Å². The number of ether oxygens (including phenoxy) is 2. The number of hydrogen-bond acceptors (Lipinski definition) is 9. The van der Waals surface area contributed by atoms with Gasteiger partial charge in [-0.3, -0.25) is 4.90 Å². The average molecular weight is 585 g/mol. The van der Waals surface area contributed by atoms with E-state index in [0.29, 0.717) is 48.9 Å². The van der Waals surface area contributed by atoms with E-state index in [1.807, 2.05) is 4.90 Å². The van der Waals surface area contributed by atoms with E-state index < -0.39 is 52.0 Å². The first kappa shape index (κ1) is 29.0. The van der Waals surface area contributed by atoms with Crippen molar-refractivity contribution < 1.29 is 47.8 Å². The van der Waals surface area contributed by atoms with Crippen molar-refractivity contribution in [3.05, 3.63) is 53.8 Å². The molecule has 2 heterocycles. The monoisotopic (exact) mass is 585 g/mol. The number of benzene rings is 2. The molecule has 2 aromatic carbocycles. The zero-order valence-corrected chi connectivity index (χ0v) is 22.4. The zero-order chi connectivity index (χ0) is 28.2. The van der Waals surface area contributed by atoms with Crippen molar-refractivity contribution in [1.29, 1.82) is 0 Å². The van der Waals surface area contributed by atoms with Gasteiger partial charge in [-0.25, -0.2) is 14.0 Å². The van der Waals surface area contributed by atoms with Crippen molar-refractivity contribution in [2.24, 2.45) is 0 Å². The molecule has 4 rings (SSSR count). The number of amides is 3. The number of nitrogens with zero attached hydrogens (tertiary/aromatic N) is 2. The Morgan fingerprint density at radius 3 is 2.49 bits per heavy atom. The number of anilines is 3. The standard InChI is InChI=1S/C23H27FN4O9P2/c24-19-11-17(5-6-20(19)27-7-9-36-10-8-27)28-14-18(37-22(28)30)13-25-21(29)26-16-3-1-15(2-4-16)12-23(31,38(32)33)39(34)35/h1-6,11,18,31-33H,7-10,12-14H2,(H2-,25,26,29,34,35)/p+1/t18-,23?/m0/s1. The first-order chi connectivity index (χ1) is 18.6. The van der Waals surface area contributed by atoms with Gasteiger partial charge in [-0.1, -0.05) is 12.1 Å². The van der Waals surface area contributed by atoms with Gasteiger partial charge < -0.3 is 39.9 Å². The van der Waals surface area contributed by atoms with Gasteiger partial charge in [-0.05, 0) is 40.5 Å². The number of halogens is 1. The summed E-state index contributed by atoms with van der Waals surface area (Å²) in [6.45, 7) is 2.29. The molecule has 0 saturated carbocycles. The van der Waals surface area contributed by atoms with Gasteiger partial charge in [0.2, 0.25) is 0 Å². The lowest BCUT2D eigenvalue weighted by Gasteiger charge is -2.29. The van der Waals surface area contributed by atoms with Gasteiger partial charge in [0.05, 0.1) is 44.1 Å². The molecule has 210 valence electrons. The van der Waals surface area contributed by atoms with E-state index in [1.54, 1.807) is 12.1 Å². The molecular weight excluding hydrogens is 557 g/mol. The van der Waals surface area contributed by atoms with Gasteiger partial charge in [0.1, 0.15) is 11.9 Å². The lowest BCUT2D eigenvalue weighted by molar-refractivity contribution is 0.122. The molecule has 2 aromatic rings. The Morgan fingerprint density at radius 2 is 1.87 bits per heavy atom. The largest absolute Gasteiger partial charge is 0.551 e. The van der Waals surface area contributed by atoms with E-state index in [4.69, 9.17) is 9.47 Å². The summed E-state index contributed by atoms with van der Waals surface area (Å²) in [5.74, 6) is -0.461. The second-order valence-electron chi connectivity index (χ2n) is 8.90. The molecule has 0 aliphatic carbocycles. The van der Waals surface area contributed by atoms with Crippen LogP contribution in [0.3, 0.4) is 0 Å². The number of carbonyl (C=O) groups excluding carboxylic acids is 2. The Bertz CT molecular complexity index is 1220. The lowest BCUT2D eigenvalue weighted by atomic mass is 10.1. The Balaban J connectivity index is 1.27. The highest BCUT2D eigenvalue weighted by atomic mass is 31.2. The van der Waals surface area contributed by atoms with Crippen LogP contribution in [-0.2, 0) is 20.5 Å². The molecule has 3 amide bonds. The number of urea groups is 1. The highest BCUT2D eigenvalue weighted by Gasteiger charge is 2.55. The van der Waals surface area contributed by atoms with Crippen LogP contribution in [0.15, 0.2) is 42.5 Å². The molecule has 2 saturated heterocycles.